The molecule has 0 saturated carbocycles. The molecule has 1 heterocycles. The highest BCUT2D eigenvalue weighted by molar-refractivity contribution is 6.05. The highest BCUT2D eigenvalue weighted by atomic mass is 16.5. The molecule has 8 heteroatoms. The number of rotatable bonds is 4. The van der Waals surface area contributed by atoms with Gasteiger partial charge in [0.05, 0.1) is 18.8 Å². The number of nitrogens with one attached hydrogen (secondary N) is 1. The second kappa shape index (κ2) is 11.4. The number of fused-ring (bicyclic) bond motifs is 1. The number of carbonyl (C=O) groups excluding carboxylic acids is 2. The molecule has 3 rings (SSSR count). The van der Waals surface area contributed by atoms with Crippen LogP contribution in [0.15, 0.2) is 42.5 Å². The molecule has 0 unspecified atom stereocenters. The zero-order valence-corrected chi connectivity index (χ0v) is 20.8. The van der Waals surface area contributed by atoms with E-state index in [9.17, 15) is 9.59 Å². The van der Waals surface area contributed by atoms with Crippen molar-refractivity contribution in [3.8, 4) is 11.5 Å². The van der Waals surface area contributed by atoms with Crippen LogP contribution in [0.25, 0.3) is 0 Å². The van der Waals surface area contributed by atoms with Gasteiger partial charge in [-0.15, -0.1) is 0 Å². The lowest BCUT2D eigenvalue weighted by Gasteiger charge is -2.34. The van der Waals surface area contributed by atoms with Crippen LogP contribution < -0.4 is 14.8 Å². The van der Waals surface area contributed by atoms with Crippen LogP contribution in [0.4, 0.5) is 5.69 Å². The zero-order chi connectivity index (χ0) is 24.8. The third-order valence-electron chi connectivity index (χ3n) is 6.37. The number of benzene rings is 2. The maximum absolute atomic E-state index is 13.4. The average molecular weight is 470 g/mol. The fraction of sp³-hybridized carbons (Fsp3) is 0.462. The summed E-state index contributed by atoms with van der Waals surface area (Å²) in [4.78, 5) is 30.0. The van der Waals surface area contributed by atoms with Gasteiger partial charge >= 0.3 is 0 Å². The van der Waals surface area contributed by atoms with E-state index >= 15 is 0 Å². The van der Waals surface area contributed by atoms with Crippen LogP contribution in [0, 0.1) is 5.92 Å². The van der Waals surface area contributed by atoms with E-state index in [0.29, 0.717) is 41.5 Å². The Bertz CT molecular complexity index is 994. The molecule has 0 fully saturated rings. The van der Waals surface area contributed by atoms with Crippen molar-refractivity contribution in [1.82, 2.24) is 9.80 Å². The van der Waals surface area contributed by atoms with Crippen molar-refractivity contribution in [2.24, 2.45) is 5.92 Å². The standard InChI is InChI=1S/C26H35N3O5/c1-17-14-28(3)18(2)16-34-23-12-9-20(13-22(23)26(31)29(4)15-24(17)33-6)27-25(30)19-7-10-21(32-5)11-8-19/h7-13,17-18,24H,14-16H2,1-6H3,(H,27,30)/t17-,18-,24-/m0/s1. The normalized spacial score (nSPS) is 22.1. The smallest absolute Gasteiger partial charge is 0.257 e. The topological polar surface area (TPSA) is 80.3 Å². The average Bonchev–Trinajstić information content (AvgIpc) is 2.84. The molecule has 2 aromatic rings. The molecule has 184 valence electrons. The maximum Gasteiger partial charge on any atom is 0.257 e. The van der Waals surface area contributed by atoms with Gasteiger partial charge in [0.15, 0.2) is 0 Å². The van der Waals surface area contributed by atoms with E-state index in [1.165, 1.54) is 0 Å². The fourth-order valence-electron chi connectivity index (χ4n) is 3.98. The van der Waals surface area contributed by atoms with Gasteiger partial charge in [-0.3, -0.25) is 14.5 Å². The largest absolute Gasteiger partial charge is 0.497 e. The lowest BCUT2D eigenvalue weighted by molar-refractivity contribution is 0.0150. The van der Waals surface area contributed by atoms with Gasteiger partial charge in [0.1, 0.15) is 18.1 Å². The van der Waals surface area contributed by atoms with E-state index in [1.807, 2.05) is 0 Å². The van der Waals surface area contributed by atoms with Crippen LogP contribution in [0.2, 0.25) is 0 Å². The first-order valence-electron chi connectivity index (χ1n) is 11.4. The van der Waals surface area contributed by atoms with Crippen molar-refractivity contribution in [2.75, 3.05) is 53.3 Å². The van der Waals surface area contributed by atoms with E-state index in [1.54, 1.807) is 68.6 Å². The minimum absolute atomic E-state index is 0.106. The van der Waals surface area contributed by atoms with Crippen molar-refractivity contribution in [1.29, 1.82) is 0 Å². The van der Waals surface area contributed by atoms with Crippen LogP contribution in [0.1, 0.15) is 34.6 Å². The summed E-state index contributed by atoms with van der Waals surface area (Å²) in [5.74, 6) is 0.918. The second-order valence-electron chi connectivity index (χ2n) is 8.93. The Kier molecular flexibility index (Phi) is 8.52. The van der Waals surface area contributed by atoms with Gasteiger partial charge in [-0.1, -0.05) is 6.92 Å². The summed E-state index contributed by atoms with van der Waals surface area (Å²) >= 11 is 0. The lowest BCUT2D eigenvalue weighted by atomic mass is 10.0. The number of ether oxygens (including phenoxy) is 3. The van der Waals surface area contributed by atoms with Crippen LogP contribution in [-0.4, -0.2) is 81.8 Å². The fourth-order valence-corrected chi connectivity index (χ4v) is 3.98. The number of amides is 2. The van der Waals surface area contributed by atoms with Gasteiger partial charge in [0.2, 0.25) is 0 Å². The Morgan fingerprint density at radius 3 is 2.41 bits per heavy atom. The van der Waals surface area contributed by atoms with Crippen molar-refractivity contribution in [2.45, 2.75) is 26.0 Å². The molecule has 2 amide bonds. The summed E-state index contributed by atoms with van der Waals surface area (Å²) < 4.78 is 16.9. The summed E-state index contributed by atoms with van der Waals surface area (Å²) in [6.07, 6.45) is -0.106. The van der Waals surface area contributed by atoms with Crippen LogP contribution in [0.3, 0.4) is 0 Å². The SMILES string of the molecule is COc1ccc(C(=O)Nc2ccc3c(c2)C(=O)N(C)C[C@H](OC)[C@@H](C)CN(C)[C@@H](C)CO3)cc1. The van der Waals surface area contributed by atoms with Crippen molar-refractivity contribution < 1.29 is 23.8 Å². The lowest BCUT2D eigenvalue weighted by Crippen LogP contribution is -2.45. The first kappa shape index (κ1) is 25.5. The molecule has 3 atom stereocenters. The summed E-state index contributed by atoms with van der Waals surface area (Å²) in [6, 6.07) is 12.1. The Hall–Kier alpha value is -3.10. The zero-order valence-electron chi connectivity index (χ0n) is 20.8. The molecule has 34 heavy (non-hydrogen) atoms. The number of hydrogen-bond donors (Lipinski definition) is 1. The molecule has 8 nitrogen and oxygen atoms in total. The molecule has 1 aliphatic rings. The monoisotopic (exact) mass is 469 g/mol. The predicted octanol–water partition coefficient (Wildman–Crippen LogP) is 3.38. The predicted molar refractivity (Wildman–Crippen MR) is 132 cm³/mol. The molecule has 2 aromatic carbocycles. The van der Waals surface area contributed by atoms with Crippen LogP contribution in [-0.2, 0) is 4.74 Å². The van der Waals surface area contributed by atoms with E-state index in [0.717, 1.165) is 6.54 Å². The molecule has 0 bridgehead atoms. The molecular formula is C26H35N3O5. The number of methoxy groups -OCH3 is 2. The Morgan fingerprint density at radius 2 is 1.76 bits per heavy atom. The van der Waals surface area contributed by atoms with Gasteiger partial charge in [0, 0.05) is 44.5 Å². The highest BCUT2D eigenvalue weighted by Crippen LogP contribution is 2.26. The molecule has 1 aliphatic heterocycles. The number of hydrogen-bond acceptors (Lipinski definition) is 6. The quantitative estimate of drug-likeness (QED) is 0.740. The Balaban J connectivity index is 1.88. The van der Waals surface area contributed by atoms with Crippen molar-refractivity contribution >= 4 is 17.5 Å². The molecule has 0 saturated heterocycles. The van der Waals surface area contributed by atoms with Gasteiger partial charge < -0.3 is 24.4 Å². The Morgan fingerprint density at radius 1 is 1.06 bits per heavy atom. The molecule has 0 radical (unpaired) electrons. The molecule has 1 N–H and O–H groups in total. The third-order valence-corrected chi connectivity index (χ3v) is 6.37. The van der Waals surface area contributed by atoms with Gasteiger partial charge in [-0.05, 0) is 62.4 Å². The minimum atomic E-state index is -0.277. The van der Waals surface area contributed by atoms with Gasteiger partial charge in [-0.2, -0.15) is 0 Å². The van der Waals surface area contributed by atoms with Crippen molar-refractivity contribution in [3.05, 3.63) is 53.6 Å². The molecule has 0 aromatic heterocycles. The van der Waals surface area contributed by atoms with Gasteiger partial charge in [-0.25, -0.2) is 0 Å². The highest BCUT2D eigenvalue weighted by Gasteiger charge is 2.27. The summed E-state index contributed by atoms with van der Waals surface area (Å²) in [5, 5.41) is 2.87. The first-order chi connectivity index (χ1) is 16.2. The maximum atomic E-state index is 13.4. The van der Waals surface area contributed by atoms with E-state index < -0.39 is 0 Å². The van der Waals surface area contributed by atoms with Crippen LogP contribution >= 0.6 is 0 Å². The summed E-state index contributed by atoms with van der Waals surface area (Å²) in [7, 11) is 7.08. The molecule has 0 spiro atoms. The number of anilines is 1. The van der Waals surface area contributed by atoms with E-state index in [4.69, 9.17) is 14.2 Å². The summed E-state index contributed by atoms with van der Waals surface area (Å²) in [5.41, 5.74) is 1.40. The third kappa shape index (κ3) is 6.07. The van der Waals surface area contributed by atoms with Gasteiger partial charge in [0.25, 0.3) is 11.8 Å². The molecule has 0 aliphatic carbocycles. The van der Waals surface area contributed by atoms with Crippen molar-refractivity contribution in [3.63, 3.8) is 0 Å². The summed E-state index contributed by atoms with van der Waals surface area (Å²) in [6.45, 7) is 5.93. The van der Waals surface area contributed by atoms with E-state index in [-0.39, 0.29) is 29.9 Å². The second-order valence-corrected chi connectivity index (χ2v) is 8.93. The number of likely N-dealkylation sites (N-methyl/N-ethyl adjacent to an activating group) is 2. The van der Waals surface area contributed by atoms with Crippen LogP contribution in [0.5, 0.6) is 11.5 Å². The Labute approximate surface area is 201 Å². The number of nitrogens with zero attached hydrogens (tertiary/aromatic N) is 2. The number of carbonyl (C=O) groups is 2. The van der Waals surface area contributed by atoms with E-state index in [2.05, 4.69) is 31.1 Å². The minimum Gasteiger partial charge on any atom is -0.497 e. The molecular weight excluding hydrogens is 434 g/mol. The first-order valence-corrected chi connectivity index (χ1v) is 11.4.